The average molecular weight is 319 g/mol. The van der Waals surface area contributed by atoms with E-state index in [1.165, 1.54) is 24.5 Å². The third-order valence-electron chi connectivity index (χ3n) is 3.28. The summed E-state index contributed by atoms with van der Waals surface area (Å²) in [6.07, 6.45) is 2.61. The molecule has 1 aromatic carbocycles. The minimum atomic E-state index is -0.559. The standard InChI is InChI=1S/C16H18FN3O3/c1-4-19(11(2)3)15(21)13-10-12(17)6-7-14(13)23-16-18-8-5-9-20(16)22/h5-11H,4H2,1-3H3. The Morgan fingerprint density at radius 3 is 2.83 bits per heavy atom. The van der Waals surface area contributed by atoms with Crippen molar-refractivity contribution in [2.45, 2.75) is 26.8 Å². The van der Waals surface area contributed by atoms with Gasteiger partial charge >= 0.3 is 6.01 Å². The Balaban J connectivity index is 2.42. The monoisotopic (exact) mass is 319 g/mol. The molecule has 0 fully saturated rings. The van der Waals surface area contributed by atoms with Crippen LogP contribution in [-0.4, -0.2) is 28.4 Å². The lowest BCUT2D eigenvalue weighted by atomic mass is 10.1. The van der Waals surface area contributed by atoms with Crippen LogP contribution in [0.3, 0.4) is 0 Å². The molecule has 0 N–H and O–H groups in total. The van der Waals surface area contributed by atoms with E-state index in [2.05, 4.69) is 4.98 Å². The average Bonchev–Trinajstić information content (AvgIpc) is 2.51. The fraction of sp³-hybridized carbons (Fsp3) is 0.312. The summed E-state index contributed by atoms with van der Waals surface area (Å²) < 4.78 is 19.4. The number of nitrogens with zero attached hydrogens (tertiary/aromatic N) is 3. The maximum absolute atomic E-state index is 13.6. The predicted octanol–water partition coefficient (Wildman–Crippen LogP) is 2.52. The zero-order valence-electron chi connectivity index (χ0n) is 13.2. The van der Waals surface area contributed by atoms with Crippen LogP contribution in [0.5, 0.6) is 11.8 Å². The Kier molecular flexibility index (Phi) is 5.10. The van der Waals surface area contributed by atoms with Crippen molar-refractivity contribution in [3.63, 3.8) is 0 Å². The Labute approximate surface area is 133 Å². The number of carbonyl (C=O) groups excluding carboxylic acids is 1. The molecule has 2 aromatic rings. The second-order valence-corrected chi connectivity index (χ2v) is 5.16. The van der Waals surface area contributed by atoms with Gasteiger partial charge in [-0.25, -0.2) is 9.12 Å². The van der Waals surface area contributed by atoms with Crippen molar-refractivity contribution in [3.8, 4) is 11.8 Å². The molecule has 1 aromatic heterocycles. The van der Waals surface area contributed by atoms with Gasteiger partial charge in [-0.2, -0.15) is 0 Å². The first-order chi connectivity index (χ1) is 10.9. The van der Waals surface area contributed by atoms with E-state index >= 15 is 0 Å². The van der Waals surface area contributed by atoms with E-state index in [1.54, 1.807) is 4.90 Å². The van der Waals surface area contributed by atoms with Gasteiger partial charge in [0.2, 0.25) is 0 Å². The zero-order chi connectivity index (χ0) is 17.0. The first-order valence-electron chi connectivity index (χ1n) is 7.26. The van der Waals surface area contributed by atoms with Crippen LogP contribution in [0, 0.1) is 11.0 Å². The Morgan fingerprint density at radius 1 is 1.48 bits per heavy atom. The van der Waals surface area contributed by atoms with Crippen LogP contribution in [-0.2, 0) is 0 Å². The SMILES string of the molecule is CCN(C(=O)c1cc(F)ccc1Oc1nccc[n+]1[O-])C(C)C. The molecule has 0 aliphatic carbocycles. The molecule has 2 rings (SSSR count). The van der Waals surface area contributed by atoms with Gasteiger partial charge in [-0.05, 0) is 44.0 Å². The molecular formula is C16H18FN3O3. The highest BCUT2D eigenvalue weighted by Gasteiger charge is 2.23. The van der Waals surface area contributed by atoms with Crippen molar-refractivity contribution < 1.29 is 18.7 Å². The van der Waals surface area contributed by atoms with Crippen LogP contribution in [0.15, 0.2) is 36.7 Å². The van der Waals surface area contributed by atoms with Crippen molar-refractivity contribution in [1.29, 1.82) is 0 Å². The number of ether oxygens (including phenoxy) is 1. The number of rotatable bonds is 5. The highest BCUT2D eigenvalue weighted by molar-refractivity contribution is 5.97. The third-order valence-corrected chi connectivity index (χ3v) is 3.28. The second kappa shape index (κ2) is 7.04. The van der Waals surface area contributed by atoms with Gasteiger partial charge in [0.25, 0.3) is 5.91 Å². The zero-order valence-corrected chi connectivity index (χ0v) is 13.2. The van der Waals surface area contributed by atoms with Gasteiger partial charge in [0.05, 0.1) is 5.56 Å². The highest BCUT2D eigenvalue weighted by atomic mass is 19.1. The number of aromatic nitrogens is 2. The smallest absolute Gasteiger partial charge is 0.507 e. The fourth-order valence-electron chi connectivity index (χ4n) is 2.17. The van der Waals surface area contributed by atoms with Crippen molar-refractivity contribution in [2.24, 2.45) is 0 Å². The Bertz CT molecular complexity index is 707. The van der Waals surface area contributed by atoms with Gasteiger partial charge < -0.3 is 14.8 Å². The van der Waals surface area contributed by atoms with Gasteiger partial charge in [0.1, 0.15) is 24.0 Å². The van der Waals surface area contributed by atoms with Crippen LogP contribution < -0.4 is 9.47 Å². The Morgan fingerprint density at radius 2 is 2.22 bits per heavy atom. The van der Waals surface area contributed by atoms with Gasteiger partial charge in [-0.1, -0.05) is 0 Å². The minimum absolute atomic E-state index is 0.0474. The molecular weight excluding hydrogens is 301 g/mol. The van der Waals surface area contributed by atoms with Gasteiger partial charge in [-0.3, -0.25) is 4.79 Å². The third kappa shape index (κ3) is 3.74. The number of carbonyl (C=O) groups is 1. The van der Waals surface area contributed by atoms with Crippen LogP contribution in [0.2, 0.25) is 0 Å². The number of hydrogen-bond acceptors (Lipinski definition) is 4. The maximum Gasteiger partial charge on any atom is 0.507 e. The summed E-state index contributed by atoms with van der Waals surface area (Å²) >= 11 is 0. The topological polar surface area (TPSA) is 69.4 Å². The van der Waals surface area contributed by atoms with Crippen LogP contribution in [0.25, 0.3) is 0 Å². The summed E-state index contributed by atoms with van der Waals surface area (Å²) in [6, 6.07) is 4.74. The summed E-state index contributed by atoms with van der Waals surface area (Å²) in [7, 11) is 0. The molecule has 7 heteroatoms. The Hall–Kier alpha value is -2.70. The summed E-state index contributed by atoms with van der Waals surface area (Å²) in [4.78, 5) is 18.0. The molecule has 0 aliphatic heterocycles. The van der Waals surface area contributed by atoms with E-state index in [-0.39, 0.29) is 29.3 Å². The number of amides is 1. The van der Waals surface area contributed by atoms with E-state index in [9.17, 15) is 14.4 Å². The molecule has 23 heavy (non-hydrogen) atoms. The summed E-state index contributed by atoms with van der Waals surface area (Å²) in [5.41, 5.74) is 0.0474. The van der Waals surface area contributed by atoms with E-state index in [0.29, 0.717) is 11.3 Å². The second-order valence-electron chi connectivity index (χ2n) is 5.16. The van der Waals surface area contributed by atoms with Crippen molar-refractivity contribution in [3.05, 3.63) is 53.2 Å². The predicted molar refractivity (Wildman–Crippen MR) is 81.5 cm³/mol. The van der Waals surface area contributed by atoms with Gasteiger partial charge in [0.15, 0.2) is 0 Å². The molecule has 0 saturated carbocycles. The molecule has 0 atom stereocenters. The van der Waals surface area contributed by atoms with E-state index in [4.69, 9.17) is 4.74 Å². The molecule has 0 unspecified atom stereocenters. The van der Waals surface area contributed by atoms with Gasteiger partial charge in [0, 0.05) is 18.7 Å². The van der Waals surface area contributed by atoms with E-state index in [1.807, 2.05) is 20.8 Å². The van der Waals surface area contributed by atoms with Crippen molar-refractivity contribution >= 4 is 5.91 Å². The van der Waals surface area contributed by atoms with Crippen molar-refractivity contribution in [2.75, 3.05) is 6.54 Å². The van der Waals surface area contributed by atoms with E-state index < -0.39 is 5.82 Å². The number of hydrogen-bond donors (Lipinski definition) is 0. The molecule has 0 radical (unpaired) electrons. The lowest BCUT2D eigenvalue weighted by Crippen LogP contribution is -2.37. The summed E-state index contributed by atoms with van der Waals surface area (Å²) in [5, 5.41) is 11.6. The van der Waals surface area contributed by atoms with Crippen LogP contribution >= 0.6 is 0 Å². The summed E-state index contributed by atoms with van der Waals surface area (Å²) in [5.74, 6) is -0.847. The minimum Gasteiger partial charge on any atom is -0.708 e. The molecule has 1 heterocycles. The fourth-order valence-corrected chi connectivity index (χ4v) is 2.17. The highest BCUT2D eigenvalue weighted by Crippen LogP contribution is 2.25. The van der Waals surface area contributed by atoms with Crippen LogP contribution in [0.1, 0.15) is 31.1 Å². The van der Waals surface area contributed by atoms with Crippen molar-refractivity contribution in [1.82, 2.24) is 9.88 Å². The molecule has 0 saturated heterocycles. The molecule has 0 aliphatic rings. The number of halogens is 1. The largest absolute Gasteiger partial charge is 0.708 e. The molecule has 6 nitrogen and oxygen atoms in total. The first kappa shape index (κ1) is 16.7. The first-order valence-corrected chi connectivity index (χ1v) is 7.26. The maximum atomic E-state index is 13.6. The molecule has 0 spiro atoms. The lowest BCUT2D eigenvalue weighted by Gasteiger charge is -2.25. The quantitative estimate of drug-likeness (QED) is 0.627. The molecule has 122 valence electrons. The number of benzene rings is 1. The van der Waals surface area contributed by atoms with Crippen LogP contribution in [0.4, 0.5) is 4.39 Å². The molecule has 0 bridgehead atoms. The molecule has 1 amide bonds. The summed E-state index contributed by atoms with van der Waals surface area (Å²) in [6.45, 7) is 6.04. The lowest BCUT2D eigenvalue weighted by molar-refractivity contribution is -0.614. The van der Waals surface area contributed by atoms with Gasteiger partial charge in [-0.15, -0.1) is 0 Å². The normalized spacial score (nSPS) is 10.7. The van der Waals surface area contributed by atoms with E-state index in [0.717, 1.165) is 12.1 Å².